The van der Waals surface area contributed by atoms with Gasteiger partial charge in [-0.05, 0) is 12.5 Å². The number of alkyl halides is 3. The van der Waals surface area contributed by atoms with E-state index in [1.54, 1.807) is 0 Å². The van der Waals surface area contributed by atoms with Gasteiger partial charge in [-0.1, -0.05) is 13.0 Å². The van der Waals surface area contributed by atoms with Gasteiger partial charge in [0.1, 0.15) is 5.75 Å². The highest BCUT2D eigenvalue weighted by molar-refractivity contribution is 5.91. The van der Waals surface area contributed by atoms with E-state index in [-0.39, 0.29) is 17.2 Å². The highest BCUT2D eigenvalue weighted by Crippen LogP contribution is 2.45. The molecule has 0 saturated carbocycles. The third kappa shape index (κ3) is 3.53. The Morgan fingerprint density at radius 2 is 2.14 bits per heavy atom. The fourth-order valence-electron chi connectivity index (χ4n) is 2.17. The van der Waals surface area contributed by atoms with Gasteiger partial charge in [-0.25, -0.2) is 0 Å². The first-order valence-electron chi connectivity index (χ1n) is 6.52. The molecule has 2 rings (SSSR count). The number of anilines is 1. The summed E-state index contributed by atoms with van der Waals surface area (Å²) >= 11 is 0. The number of amides is 1. The van der Waals surface area contributed by atoms with E-state index in [0.717, 1.165) is 0 Å². The molecule has 0 saturated heterocycles. The molecule has 0 fully saturated rings. The smallest absolute Gasteiger partial charge is 0.396 e. The van der Waals surface area contributed by atoms with Gasteiger partial charge in [0.2, 0.25) is 5.91 Å². The van der Waals surface area contributed by atoms with E-state index in [4.69, 9.17) is 4.74 Å². The van der Waals surface area contributed by atoms with Crippen LogP contribution >= 0.6 is 0 Å². The standard InChI is InChI=1S/C14H14F3NO3/c1-2-3-12(19)18-8-4-5-9-10(14(15,16)17)7-13(20)21-11(9)6-8/h4-6,10H,2-3,7H2,1H3,(H,18,19). The Morgan fingerprint density at radius 3 is 2.76 bits per heavy atom. The molecular weight excluding hydrogens is 287 g/mol. The van der Waals surface area contributed by atoms with E-state index >= 15 is 0 Å². The minimum Gasteiger partial charge on any atom is -0.426 e. The molecule has 1 N–H and O–H groups in total. The van der Waals surface area contributed by atoms with Crippen molar-refractivity contribution in [1.82, 2.24) is 0 Å². The zero-order valence-corrected chi connectivity index (χ0v) is 11.3. The first-order chi connectivity index (χ1) is 9.81. The Bertz CT molecular complexity index is 569. The zero-order chi connectivity index (χ0) is 15.6. The van der Waals surface area contributed by atoms with Crippen LogP contribution in [0.1, 0.15) is 37.7 Å². The number of hydrogen-bond donors (Lipinski definition) is 1. The molecule has 1 atom stereocenters. The Balaban J connectivity index is 2.29. The van der Waals surface area contributed by atoms with Crippen LogP contribution < -0.4 is 10.1 Å². The van der Waals surface area contributed by atoms with Crippen molar-refractivity contribution in [3.05, 3.63) is 23.8 Å². The quantitative estimate of drug-likeness (QED) is 0.688. The van der Waals surface area contributed by atoms with Crippen molar-refractivity contribution in [3.63, 3.8) is 0 Å². The highest BCUT2D eigenvalue weighted by atomic mass is 19.4. The van der Waals surface area contributed by atoms with Gasteiger partial charge in [-0.15, -0.1) is 0 Å². The fourth-order valence-corrected chi connectivity index (χ4v) is 2.17. The lowest BCUT2D eigenvalue weighted by Crippen LogP contribution is -2.30. The Kier molecular flexibility index (Phi) is 4.20. The summed E-state index contributed by atoms with van der Waals surface area (Å²) in [7, 11) is 0. The zero-order valence-electron chi connectivity index (χ0n) is 11.3. The van der Waals surface area contributed by atoms with Crippen molar-refractivity contribution >= 4 is 17.6 Å². The average Bonchev–Trinajstić information content (AvgIpc) is 2.36. The SMILES string of the molecule is CCCC(=O)Nc1ccc2c(c1)OC(=O)CC2C(F)(F)F. The maximum absolute atomic E-state index is 12.9. The summed E-state index contributed by atoms with van der Waals surface area (Å²) in [6.45, 7) is 1.84. The Morgan fingerprint density at radius 1 is 1.43 bits per heavy atom. The molecule has 7 heteroatoms. The number of halogens is 3. The molecule has 0 spiro atoms. The van der Waals surface area contributed by atoms with Crippen LogP contribution in [-0.2, 0) is 9.59 Å². The van der Waals surface area contributed by atoms with Crippen LogP contribution in [-0.4, -0.2) is 18.1 Å². The van der Waals surface area contributed by atoms with E-state index in [1.165, 1.54) is 18.2 Å². The summed E-state index contributed by atoms with van der Waals surface area (Å²) in [4.78, 5) is 22.8. The molecule has 0 radical (unpaired) electrons. The molecular formula is C14H14F3NO3. The summed E-state index contributed by atoms with van der Waals surface area (Å²) in [5.74, 6) is -3.19. The van der Waals surface area contributed by atoms with Crippen molar-refractivity contribution in [1.29, 1.82) is 0 Å². The summed E-state index contributed by atoms with van der Waals surface area (Å²) in [6, 6.07) is 3.87. The number of nitrogens with one attached hydrogen (secondary N) is 1. The number of hydrogen-bond acceptors (Lipinski definition) is 3. The van der Waals surface area contributed by atoms with E-state index < -0.39 is 24.5 Å². The number of carbonyl (C=O) groups excluding carboxylic acids is 2. The van der Waals surface area contributed by atoms with Crippen molar-refractivity contribution in [2.24, 2.45) is 0 Å². The van der Waals surface area contributed by atoms with E-state index in [2.05, 4.69) is 5.32 Å². The molecule has 0 aliphatic carbocycles. The average molecular weight is 301 g/mol. The summed E-state index contributed by atoms with van der Waals surface area (Å²) in [5, 5.41) is 2.55. The monoisotopic (exact) mass is 301 g/mol. The summed E-state index contributed by atoms with van der Waals surface area (Å²) in [6.07, 6.45) is -4.27. The van der Waals surface area contributed by atoms with Gasteiger partial charge in [0.15, 0.2) is 0 Å². The molecule has 1 aromatic rings. The number of rotatable bonds is 3. The number of benzene rings is 1. The molecule has 1 aromatic carbocycles. The first-order valence-corrected chi connectivity index (χ1v) is 6.52. The van der Waals surface area contributed by atoms with Gasteiger partial charge in [-0.3, -0.25) is 9.59 Å². The molecule has 1 unspecified atom stereocenters. The van der Waals surface area contributed by atoms with E-state index in [9.17, 15) is 22.8 Å². The number of esters is 1. The number of ether oxygens (including phenoxy) is 1. The van der Waals surface area contributed by atoms with Crippen LogP contribution in [0.15, 0.2) is 18.2 Å². The molecule has 114 valence electrons. The maximum Gasteiger partial charge on any atom is 0.396 e. The van der Waals surface area contributed by atoms with Gasteiger partial charge in [0.05, 0.1) is 12.3 Å². The molecule has 1 aliphatic heterocycles. The van der Waals surface area contributed by atoms with Crippen molar-refractivity contribution in [3.8, 4) is 5.75 Å². The molecule has 0 aromatic heterocycles. The van der Waals surface area contributed by atoms with Crippen LogP contribution in [0, 0.1) is 0 Å². The second-order valence-corrected chi connectivity index (χ2v) is 4.82. The predicted octanol–water partition coefficient (Wildman–Crippen LogP) is 3.38. The molecule has 1 heterocycles. The van der Waals surface area contributed by atoms with Gasteiger partial charge in [-0.2, -0.15) is 13.2 Å². The topological polar surface area (TPSA) is 55.4 Å². The van der Waals surface area contributed by atoms with E-state index in [1.807, 2.05) is 6.92 Å². The second kappa shape index (κ2) is 5.75. The minimum atomic E-state index is -4.51. The third-order valence-electron chi connectivity index (χ3n) is 3.14. The third-order valence-corrected chi connectivity index (χ3v) is 3.14. The molecule has 0 bridgehead atoms. The Hall–Kier alpha value is -2.05. The van der Waals surface area contributed by atoms with Crippen LogP contribution in [0.25, 0.3) is 0 Å². The predicted molar refractivity (Wildman–Crippen MR) is 69.0 cm³/mol. The lowest BCUT2D eigenvalue weighted by Gasteiger charge is -2.26. The van der Waals surface area contributed by atoms with Crippen LogP contribution in [0.5, 0.6) is 5.75 Å². The normalized spacial score (nSPS) is 17.9. The van der Waals surface area contributed by atoms with Gasteiger partial charge < -0.3 is 10.1 Å². The first kappa shape index (κ1) is 15.3. The van der Waals surface area contributed by atoms with Crippen LogP contribution in [0.4, 0.5) is 18.9 Å². The maximum atomic E-state index is 12.9. The van der Waals surface area contributed by atoms with Gasteiger partial charge >= 0.3 is 12.1 Å². The van der Waals surface area contributed by atoms with Crippen molar-refractivity contribution in [2.45, 2.75) is 38.3 Å². The Labute approximate surface area is 119 Å². The van der Waals surface area contributed by atoms with Crippen molar-refractivity contribution in [2.75, 3.05) is 5.32 Å². The second-order valence-electron chi connectivity index (χ2n) is 4.82. The largest absolute Gasteiger partial charge is 0.426 e. The van der Waals surface area contributed by atoms with Gasteiger partial charge in [0.25, 0.3) is 0 Å². The van der Waals surface area contributed by atoms with Gasteiger partial charge in [0, 0.05) is 23.7 Å². The lowest BCUT2D eigenvalue weighted by atomic mass is 9.92. The van der Waals surface area contributed by atoms with E-state index in [0.29, 0.717) is 18.5 Å². The van der Waals surface area contributed by atoms with Crippen molar-refractivity contribution < 1.29 is 27.5 Å². The molecule has 4 nitrogen and oxygen atoms in total. The minimum absolute atomic E-state index is 0.0874. The lowest BCUT2D eigenvalue weighted by molar-refractivity contribution is -0.165. The summed E-state index contributed by atoms with van der Waals surface area (Å²) in [5.41, 5.74) is 0.221. The molecule has 1 amide bonds. The molecule has 21 heavy (non-hydrogen) atoms. The highest BCUT2D eigenvalue weighted by Gasteiger charge is 2.46. The summed E-state index contributed by atoms with van der Waals surface area (Å²) < 4.78 is 43.6. The van der Waals surface area contributed by atoms with Crippen LogP contribution in [0.2, 0.25) is 0 Å². The number of carbonyl (C=O) groups is 2. The number of fused-ring (bicyclic) bond motifs is 1. The fraction of sp³-hybridized carbons (Fsp3) is 0.429. The molecule has 1 aliphatic rings. The van der Waals surface area contributed by atoms with Crippen LogP contribution in [0.3, 0.4) is 0 Å².